The van der Waals surface area contributed by atoms with E-state index in [1.165, 1.54) is 25.9 Å². The molecule has 3 N–H and O–H groups in total. The Kier molecular flexibility index (Phi) is 11.4. The summed E-state index contributed by atoms with van der Waals surface area (Å²) in [5.74, 6) is 1.60. The van der Waals surface area contributed by atoms with E-state index in [9.17, 15) is 5.11 Å². The molecule has 2 aliphatic rings. The van der Waals surface area contributed by atoms with Gasteiger partial charge in [-0.1, -0.05) is 13.8 Å². The van der Waals surface area contributed by atoms with Crippen molar-refractivity contribution in [1.82, 2.24) is 15.5 Å². The number of ether oxygens (including phenoxy) is 1. The fourth-order valence-electron chi connectivity index (χ4n) is 3.93. The molecule has 2 fully saturated rings. The van der Waals surface area contributed by atoms with Gasteiger partial charge in [-0.25, -0.2) is 0 Å². The molecule has 2 aliphatic heterocycles. The molecule has 0 aliphatic carbocycles. The van der Waals surface area contributed by atoms with Gasteiger partial charge in [-0.15, -0.1) is 24.0 Å². The Hall–Kier alpha value is -0.120. The average Bonchev–Trinajstić information content (AvgIpc) is 3.20. The van der Waals surface area contributed by atoms with Crippen molar-refractivity contribution < 1.29 is 9.84 Å². The molecule has 0 aromatic rings. The number of aliphatic hydroxyl groups excluding tert-OH is 1. The molecule has 26 heavy (non-hydrogen) atoms. The molecule has 7 heteroatoms. The number of likely N-dealkylation sites (tertiary alicyclic amines) is 1. The number of nitrogens with zero attached hydrogens (tertiary/aromatic N) is 2. The zero-order valence-corrected chi connectivity index (χ0v) is 19.1. The van der Waals surface area contributed by atoms with Crippen molar-refractivity contribution in [1.29, 1.82) is 0 Å². The third kappa shape index (κ3) is 7.48. The zero-order chi connectivity index (χ0) is 18.1. The first kappa shape index (κ1) is 23.9. The molecule has 0 radical (unpaired) electrons. The van der Waals surface area contributed by atoms with Crippen molar-refractivity contribution in [2.75, 3.05) is 52.5 Å². The van der Waals surface area contributed by atoms with Gasteiger partial charge in [0.25, 0.3) is 0 Å². The highest BCUT2D eigenvalue weighted by Gasteiger charge is 2.34. The molecule has 0 aromatic carbocycles. The van der Waals surface area contributed by atoms with Crippen LogP contribution in [0.3, 0.4) is 0 Å². The van der Waals surface area contributed by atoms with Gasteiger partial charge in [-0.3, -0.25) is 9.89 Å². The molecule has 2 saturated heterocycles. The van der Waals surface area contributed by atoms with Gasteiger partial charge in [-0.05, 0) is 45.1 Å². The van der Waals surface area contributed by atoms with Crippen LogP contribution < -0.4 is 10.6 Å². The SMILES string of the molecule is CCNC(=NCC1(CCO)CCOC1)NC[C@H]1CCCN1CC(C)C.I. The van der Waals surface area contributed by atoms with Gasteiger partial charge in [-0.2, -0.15) is 0 Å². The van der Waals surface area contributed by atoms with Gasteiger partial charge < -0.3 is 20.5 Å². The monoisotopic (exact) mass is 482 g/mol. The Bertz CT molecular complexity index is 414. The molecule has 6 nitrogen and oxygen atoms in total. The standard InChI is InChI=1S/C19H38N4O2.HI/c1-4-20-18(22-14-19(7-10-24)8-11-25-15-19)21-12-17-6-5-9-23(17)13-16(2)3;/h16-17,24H,4-15H2,1-3H3,(H2,20,21,22);1H/t17-,19?;/m1./s1. The molecule has 0 saturated carbocycles. The topological polar surface area (TPSA) is 69.1 Å². The van der Waals surface area contributed by atoms with Gasteiger partial charge in [0.1, 0.15) is 0 Å². The molecule has 2 heterocycles. The van der Waals surface area contributed by atoms with Crippen molar-refractivity contribution in [2.45, 2.75) is 52.5 Å². The van der Waals surface area contributed by atoms with Gasteiger partial charge in [0.05, 0.1) is 13.2 Å². The number of guanidine groups is 1. The first-order chi connectivity index (χ1) is 12.1. The third-order valence-corrected chi connectivity index (χ3v) is 5.35. The normalized spacial score (nSPS) is 27.0. The summed E-state index contributed by atoms with van der Waals surface area (Å²) in [6.07, 6.45) is 4.31. The second kappa shape index (κ2) is 12.4. The highest BCUT2D eigenvalue weighted by atomic mass is 127. The smallest absolute Gasteiger partial charge is 0.191 e. The molecule has 0 bridgehead atoms. The summed E-state index contributed by atoms with van der Waals surface area (Å²) in [5.41, 5.74) is 0.00807. The van der Waals surface area contributed by atoms with Gasteiger partial charge >= 0.3 is 0 Å². The maximum Gasteiger partial charge on any atom is 0.191 e. The van der Waals surface area contributed by atoms with E-state index in [2.05, 4.69) is 36.3 Å². The summed E-state index contributed by atoms with van der Waals surface area (Å²) in [6, 6.07) is 0.604. The van der Waals surface area contributed by atoms with Crippen molar-refractivity contribution >= 4 is 29.9 Å². The lowest BCUT2D eigenvalue weighted by molar-refractivity contribution is 0.131. The van der Waals surface area contributed by atoms with Gasteiger partial charge in [0.15, 0.2) is 5.96 Å². The molecule has 2 rings (SSSR count). The van der Waals surface area contributed by atoms with E-state index >= 15 is 0 Å². The Morgan fingerprint density at radius 3 is 2.81 bits per heavy atom. The summed E-state index contributed by atoms with van der Waals surface area (Å²) in [5, 5.41) is 16.3. The maximum atomic E-state index is 9.37. The Morgan fingerprint density at radius 1 is 1.38 bits per heavy atom. The van der Waals surface area contributed by atoms with Gasteiger partial charge in [0.2, 0.25) is 0 Å². The van der Waals surface area contributed by atoms with Crippen LogP contribution in [0.25, 0.3) is 0 Å². The number of rotatable bonds is 9. The molecular formula is C19H39IN4O2. The predicted molar refractivity (Wildman–Crippen MR) is 118 cm³/mol. The van der Waals surface area contributed by atoms with E-state index < -0.39 is 0 Å². The first-order valence-corrected chi connectivity index (χ1v) is 10.0. The van der Waals surface area contributed by atoms with Crippen LogP contribution in [0.15, 0.2) is 4.99 Å². The first-order valence-electron chi connectivity index (χ1n) is 10.0. The minimum Gasteiger partial charge on any atom is -0.396 e. The number of halogens is 1. The Labute approximate surface area is 176 Å². The van der Waals surface area contributed by atoms with E-state index in [0.29, 0.717) is 25.1 Å². The second-order valence-corrected chi connectivity index (χ2v) is 8.04. The lowest BCUT2D eigenvalue weighted by Crippen LogP contribution is -2.46. The minimum atomic E-state index is 0. The van der Waals surface area contributed by atoms with Crippen molar-refractivity contribution in [3.63, 3.8) is 0 Å². The van der Waals surface area contributed by atoms with E-state index in [1.807, 2.05) is 0 Å². The van der Waals surface area contributed by atoms with Crippen molar-refractivity contribution in [3.05, 3.63) is 0 Å². The number of nitrogens with one attached hydrogen (secondary N) is 2. The van der Waals surface area contributed by atoms with Crippen LogP contribution >= 0.6 is 24.0 Å². The lowest BCUT2D eigenvalue weighted by atomic mass is 9.84. The third-order valence-electron chi connectivity index (χ3n) is 5.35. The second-order valence-electron chi connectivity index (χ2n) is 8.04. The molecule has 2 atom stereocenters. The lowest BCUT2D eigenvalue weighted by Gasteiger charge is -2.28. The number of aliphatic imine (C=N–C) groups is 1. The fraction of sp³-hybridized carbons (Fsp3) is 0.947. The molecular weight excluding hydrogens is 443 g/mol. The van der Waals surface area contributed by atoms with Crippen LogP contribution in [0.1, 0.15) is 46.5 Å². The Balaban J connectivity index is 0.00000338. The van der Waals surface area contributed by atoms with Crippen LogP contribution in [0.4, 0.5) is 0 Å². The summed E-state index contributed by atoms with van der Waals surface area (Å²) >= 11 is 0. The van der Waals surface area contributed by atoms with Gasteiger partial charge in [0, 0.05) is 44.3 Å². The summed E-state index contributed by atoms with van der Waals surface area (Å²) < 4.78 is 5.57. The largest absolute Gasteiger partial charge is 0.396 e. The fourth-order valence-corrected chi connectivity index (χ4v) is 3.93. The number of aliphatic hydroxyl groups is 1. The summed E-state index contributed by atoms with van der Waals surface area (Å²) in [4.78, 5) is 7.43. The highest BCUT2D eigenvalue weighted by Crippen LogP contribution is 2.32. The van der Waals surface area contributed by atoms with Crippen LogP contribution in [0.5, 0.6) is 0 Å². The van der Waals surface area contributed by atoms with E-state index in [-0.39, 0.29) is 36.0 Å². The minimum absolute atomic E-state index is 0. The summed E-state index contributed by atoms with van der Waals surface area (Å²) in [7, 11) is 0. The Morgan fingerprint density at radius 2 is 2.19 bits per heavy atom. The number of hydrogen-bond donors (Lipinski definition) is 3. The molecule has 0 aromatic heterocycles. The van der Waals surface area contributed by atoms with E-state index in [4.69, 9.17) is 9.73 Å². The van der Waals surface area contributed by atoms with Crippen LogP contribution in [0.2, 0.25) is 0 Å². The zero-order valence-electron chi connectivity index (χ0n) is 16.8. The quantitative estimate of drug-likeness (QED) is 0.267. The van der Waals surface area contributed by atoms with Crippen molar-refractivity contribution in [3.8, 4) is 0 Å². The van der Waals surface area contributed by atoms with E-state index in [1.54, 1.807) is 0 Å². The molecule has 154 valence electrons. The van der Waals surface area contributed by atoms with Crippen LogP contribution in [-0.2, 0) is 4.74 Å². The van der Waals surface area contributed by atoms with Crippen LogP contribution in [0, 0.1) is 11.3 Å². The molecule has 0 amide bonds. The average molecular weight is 482 g/mol. The maximum absolute atomic E-state index is 9.37. The highest BCUT2D eigenvalue weighted by molar-refractivity contribution is 14.0. The van der Waals surface area contributed by atoms with E-state index in [0.717, 1.165) is 38.5 Å². The predicted octanol–water partition coefficient (Wildman–Crippen LogP) is 2.07. The molecule has 0 spiro atoms. The molecule has 1 unspecified atom stereocenters. The van der Waals surface area contributed by atoms with Crippen LogP contribution in [-0.4, -0.2) is 74.6 Å². The number of hydrogen-bond acceptors (Lipinski definition) is 4. The van der Waals surface area contributed by atoms with Crippen molar-refractivity contribution in [2.24, 2.45) is 16.3 Å². The summed E-state index contributed by atoms with van der Waals surface area (Å²) in [6.45, 7) is 13.3.